The topological polar surface area (TPSA) is 50.8 Å². The van der Waals surface area contributed by atoms with E-state index in [2.05, 4.69) is 5.32 Å². The van der Waals surface area contributed by atoms with Crippen LogP contribution in [0.25, 0.3) is 0 Å². The quantitative estimate of drug-likeness (QED) is 0.765. The fourth-order valence-electron chi connectivity index (χ4n) is 3.83. The number of rotatable bonds is 1. The molecule has 0 bridgehead atoms. The molecule has 4 aliphatic rings. The van der Waals surface area contributed by atoms with Gasteiger partial charge in [0.15, 0.2) is 0 Å². The van der Waals surface area contributed by atoms with Crippen LogP contribution >= 0.6 is 0 Å². The number of amides is 2. The molecular weight excluding hydrogens is 244 g/mol. The average Bonchev–Trinajstić information content (AvgIpc) is 2.87. The highest BCUT2D eigenvalue weighted by Crippen LogP contribution is 2.45. The Morgan fingerprint density at radius 3 is 2.68 bits per heavy atom. The molecule has 2 saturated carbocycles. The molecule has 1 unspecified atom stereocenters. The number of hydrogen-bond acceptors (Lipinski definition) is 3. The van der Waals surface area contributed by atoms with Crippen LogP contribution in [0.3, 0.4) is 0 Å². The molecule has 3 atom stereocenters. The van der Waals surface area contributed by atoms with E-state index in [4.69, 9.17) is 9.47 Å². The van der Waals surface area contributed by atoms with Crippen molar-refractivity contribution in [2.24, 2.45) is 17.3 Å². The minimum absolute atomic E-state index is 0.108. The maximum Gasteiger partial charge on any atom is 0.317 e. The van der Waals surface area contributed by atoms with Crippen LogP contribution in [0.5, 0.6) is 0 Å². The first kappa shape index (κ1) is 12.0. The highest BCUT2D eigenvalue weighted by Gasteiger charge is 2.55. The van der Waals surface area contributed by atoms with Gasteiger partial charge in [-0.3, -0.25) is 0 Å². The molecule has 5 nitrogen and oxygen atoms in total. The predicted molar refractivity (Wildman–Crippen MR) is 68.8 cm³/mol. The molecule has 0 aromatic carbocycles. The van der Waals surface area contributed by atoms with E-state index in [0.717, 1.165) is 32.9 Å². The number of carbonyl (C=O) groups excluding carboxylic acids is 1. The van der Waals surface area contributed by atoms with Crippen molar-refractivity contribution in [1.82, 2.24) is 10.2 Å². The van der Waals surface area contributed by atoms with Crippen LogP contribution < -0.4 is 5.32 Å². The molecule has 106 valence electrons. The predicted octanol–water partition coefficient (Wildman–Crippen LogP) is 0.843. The summed E-state index contributed by atoms with van der Waals surface area (Å²) in [5.74, 6) is 1.15. The maximum absolute atomic E-state index is 12.4. The lowest BCUT2D eigenvalue weighted by atomic mass is 9.69. The number of nitrogens with zero attached hydrogens (tertiary/aromatic N) is 1. The molecule has 0 radical (unpaired) electrons. The molecule has 4 rings (SSSR count). The third-order valence-corrected chi connectivity index (χ3v) is 5.38. The van der Waals surface area contributed by atoms with Crippen molar-refractivity contribution >= 4 is 6.03 Å². The summed E-state index contributed by atoms with van der Waals surface area (Å²) in [6, 6.07) is 0.471. The molecule has 2 saturated heterocycles. The zero-order chi connectivity index (χ0) is 12.9. The van der Waals surface area contributed by atoms with Crippen LogP contribution in [0.1, 0.15) is 19.3 Å². The summed E-state index contributed by atoms with van der Waals surface area (Å²) in [6.45, 7) is 4.75. The van der Waals surface area contributed by atoms with Gasteiger partial charge in [0, 0.05) is 36.4 Å². The molecular formula is C14H22N2O3. The molecule has 2 heterocycles. The Balaban J connectivity index is 1.36. The van der Waals surface area contributed by atoms with E-state index in [1.165, 1.54) is 19.3 Å². The van der Waals surface area contributed by atoms with Gasteiger partial charge in [0.05, 0.1) is 26.4 Å². The van der Waals surface area contributed by atoms with Gasteiger partial charge in [0.1, 0.15) is 0 Å². The van der Waals surface area contributed by atoms with Gasteiger partial charge >= 0.3 is 6.03 Å². The second-order valence-corrected chi connectivity index (χ2v) is 6.67. The first-order chi connectivity index (χ1) is 9.27. The number of hydrogen-bond donors (Lipinski definition) is 1. The number of fused-ring (bicyclic) bond motifs is 1. The second kappa shape index (κ2) is 4.35. The molecule has 2 aliphatic carbocycles. The first-order valence-electron chi connectivity index (χ1n) is 7.48. The lowest BCUT2D eigenvalue weighted by Gasteiger charge is -2.42. The average molecular weight is 266 g/mol. The van der Waals surface area contributed by atoms with Crippen molar-refractivity contribution in [3.63, 3.8) is 0 Å². The Bertz CT molecular complexity index is 373. The standard InChI is InChI=1S/C14H22N2O3/c17-13(15-12-10-6-19-7-11(10)12)16-4-5-18-9-14(8-16)2-1-3-14/h10-12H,1-9H2,(H,15,17)/t10-,11+,12?. The molecule has 0 aromatic heterocycles. The summed E-state index contributed by atoms with van der Waals surface area (Å²) in [5, 5.41) is 3.19. The zero-order valence-corrected chi connectivity index (χ0v) is 11.3. The smallest absolute Gasteiger partial charge is 0.317 e. The molecule has 1 spiro atoms. The third-order valence-electron chi connectivity index (χ3n) is 5.38. The van der Waals surface area contributed by atoms with Crippen molar-refractivity contribution < 1.29 is 14.3 Å². The minimum Gasteiger partial charge on any atom is -0.381 e. The van der Waals surface area contributed by atoms with Gasteiger partial charge in [-0.1, -0.05) is 6.42 Å². The number of urea groups is 1. The number of ether oxygens (including phenoxy) is 2. The van der Waals surface area contributed by atoms with Crippen LogP contribution in [0, 0.1) is 17.3 Å². The molecule has 5 heteroatoms. The summed E-state index contributed by atoms with van der Waals surface area (Å²) < 4.78 is 11.0. The highest BCUT2D eigenvalue weighted by molar-refractivity contribution is 5.75. The lowest BCUT2D eigenvalue weighted by molar-refractivity contribution is 0.0126. The fourth-order valence-corrected chi connectivity index (χ4v) is 3.83. The van der Waals surface area contributed by atoms with E-state index in [0.29, 0.717) is 24.5 Å². The lowest BCUT2D eigenvalue weighted by Crippen LogP contribution is -2.49. The van der Waals surface area contributed by atoms with E-state index in [9.17, 15) is 4.79 Å². The van der Waals surface area contributed by atoms with Crippen LogP contribution in [-0.4, -0.2) is 56.5 Å². The molecule has 1 N–H and O–H groups in total. The van der Waals surface area contributed by atoms with E-state index in [1.54, 1.807) is 0 Å². The largest absolute Gasteiger partial charge is 0.381 e. The molecule has 0 aromatic rings. The highest BCUT2D eigenvalue weighted by atomic mass is 16.5. The fraction of sp³-hybridized carbons (Fsp3) is 0.929. The SMILES string of the molecule is O=C(NC1[C@H]2COC[C@@H]12)N1CCOCC2(CCC2)C1. The van der Waals surface area contributed by atoms with Crippen LogP contribution in [0.4, 0.5) is 4.79 Å². The summed E-state index contributed by atoms with van der Waals surface area (Å²) in [7, 11) is 0. The Morgan fingerprint density at radius 2 is 2.00 bits per heavy atom. The summed E-state index contributed by atoms with van der Waals surface area (Å²) in [6.07, 6.45) is 3.70. The molecule has 4 fully saturated rings. The zero-order valence-electron chi connectivity index (χ0n) is 11.3. The van der Waals surface area contributed by atoms with Gasteiger partial charge in [0.2, 0.25) is 0 Å². The van der Waals surface area contributed by atoms with Gasteiger partial charge in [0.25, 0.3) is 0 Å². The summed E-state index contributed by atoms with van der Waals surface area (Å²) in [5.41, 5.74) is 0.260. The first-order valence-corrected chi connectivity index (χ1v) is 7.48. The van der Waals surface area contributed by atoms with Gasteiger partial charge in [-0.05, 0) is 12.8 Å². The molecule has 2 amide bonds. The van der Waals surface area contributed by atoms with Gasteiger partial charge in [-0.2, -0.15) is 0 Å². The Hall–Kier alpha value is -0.810. The van der Waals surface area contributed by atoms with E-state index in [-0.39, 0.29) is 11.4 Å². The van der Waals surface area contributed by atoms with Gasteiger partial charge in [-0.25, -0.2) is 4.79 Å². The van der Waals surface area contributed by atoms with E-state index in [1.807, 2.05) is 4.90 Å². The molecule has 2 aliphatic heterocycles. The Labute approximate surface area is 113 Å². The van der Waals surface area contributed by atoms with Crippen molar-refractivity contribution in [2.45, 2.75) is 25.3 Å². The van der Waals surface area contributed by atoms with Crippen LogP contribution in [-0.2, 0) is 9.47 Å². The number of nitrogens with one attached hydrogen (secondary N) is 1. The van der Waals surface area contributed by atoms with Crippen molar-refractivity contribution in [3.8, 4) is 0 Å². The normalized spacial score (nSPS) is 39.4. The van der Waals surface area contributed by atoms with Crippen molar-refractivity contribution in [3.05, 3.63) is 0 Å². The van der Waals surface area contributed by atoms with Gasteiger partial charge in [-0.15, -0.1) is 0 Å². The summed E-state index contributed by atoms with van der Waals surface area (Å²) in [4.78, 5) is 14.4. The monoisotopic (exact) mass is 266 g/mol. The van der Waals surface area contributed by atoms with E-state index >= 15 is 0 Å². The van der Waals surface area contributed by atoms with Crippen molar-refractivity contribution in [2.75, 3.05) is 39.5 Å². The third kappa shape index (κ3) is 2.03. The van der Waals surface area contributed by atoms with Crippen LogP contribution in [0.15, 0.2) is 0 Å². The van der Waals surface area contributed by atoms with Crippen molar-refractivity contribution in [1.29, 1.82) is 0 Å². The minimum atomic E-state index is 0.108. The second-order valence-electron chi connectivity index (χ2n) is 6.67. The Morgan fingerprint density at radius 1 is 1.21 bits per heavy atom. The number of carbonyl (C=O) groups is 1. The van der Waals surface area contributed by atoms with E-state index < -0.39 is 0 Å². The van der Waals surface area contributed by atoms with Gasteiger partial charge < -0.3 is 19.7 Å². The summed E-state index contributed by atoms with van der Waals surface area (Å²) >= 11 is 0. The Kier molecular flexibility index (Phi) is 2.74. The maximum atomic E-state index is 12.4. The molecule has 19 heavy (non-hydrogen) atoms. The van der Waals surface area contributed by atoms with Crippen LogP contribution in [0.2, 0.25) is 0 Å².